The first-order valence-electron chi connectivity index (χ1n) is 5.02. The van der Waals surface area contributed by atoms with E-state index in [1.54, 1.807) is 0 Å². The van der Waals surface area contributed by atoms with Crippen molar-refractivity contribution in [1.82, 2.24) is 0 Å². The smallest absolute Gasteiger partial charge is 0.221 e. The minimum Gasteiger partial charge on any atom is -0.505 e. The normalized spacial score (nSPS) is 13.0. The van der Waals surface area contributed by atoms with Gasteiger partial charge in [-0.05, 0) is 0 Å². The lowest BCUT2D eigenvalue weighted by Crippen LogP contribution is -2.17. The van der Waals surface area contributed by atoms with Crippen molar-refractivity contribution >= 4 is 17.9 Å². The number of aromatic hydroxyl groups is 1. The first-order valence-corrected chi connectivity index (χ1v) is 5.02. The SMILES string of the molecule is CC(=O)Nc1cc2c(c(C=O)c1O)OCCO2. The van der Waals surface area contributed by atoms with E-state index in [1.165, 1.54) is 13.0 Å². The van der Waals surface area contributed by atoms with Crippen LogP contribution in [0, 0.1) is 0 Å². The number of hydrogen-bond acceptors (Lipinski definition) is 5. The van der Waals surface area contributed by atoms with E-state index in [0.29, 0.717) is 25.2 Å². The number of phenolic OH excluding ortho intramolecular Hbond substituents is 1. The number of aldehydes is 1. The highest BCUT2D eigenvalue weighted by Gasteiger charge is 2.22. The number of phenols is 1. The third-order valence-electron chi connectivity index (χ3n) is 2.27. The second-order valence-corrected chi connectivity index (χ2v) is 3.51. The molecule has 0 aliphatic carbocycles. The summed E-state index contributed by atoms with van der Waals surface area (Å²) in [6, 6.07) is 1.43. The van der Waals surface area contributed by atoms with Crippen LogP contribution in [0.1, 0.15) is 17.3 Å². The molecule has 0 saturated carbocycles. The molecule has 6 nitrogen and oxygen atoms in total. The van der Waals surface area contributed by atoms with Gasteiger partial charge in [0.15, 0.2) is 23.5 Å². The van der Waals surface area contributed by atoms with Gasteiger partial charge in [-0.3, -0.25) is 9.59 Å². The second kappa shape index (κ2) is 4.32. The second-order valence-electron chi connectivity index (χ2n) is 3.51. The molecule has 6 heteroatoms. The fraction of sp³-hybridized carbons (Fsp3) is 0.273. The van der Waals surface area contributed by atoms with Crippen molar-refractivity contribution in [1.29, 1.82) is 0 Å². The largest absolute Gasteiger partial charge is 0.505 e. The molecule has 1 aromatic carbocycles. The highest BCUT2D eigenvalue weighted by Crippen LogP contribution is 2.43. The summed E-state index contributed by atoms with van der Waals surface area (Å²) in [5.74, 6) is -0.133. The number of carbonyl (C=O) groups excluding carboxylic acids is 2. The molecule has 17 heavy (non-hydrogen) atoms. The maximum absolute atomic E-state index is 11.0. The van der Waals surface area contributed by atoms with Gasteiger partial charge in [-0.1, -0.05) is 0 Å². The van der Waals surface area contributed by atoms with E-state index in [2.05, 4.69) is 5.32 Å². The van der Waals surface area contributed by atoms with Crippen LogP contribution in [0.3, 0.4) is 0 Å². The molecule has 2 rings (SSSR count). The molecule has 0 saturated heterocycles. The Labute approximate surface area is 97.1 Å². The fourth-order valence-corrected chi connectivity index (χ4v) is 1.60. The van der Waals surface area contributed by atoms with Gasteiger partial charge in [0, 0.05) is 13.0 Å². The lowest BCUT2D eigenvalue weighted by atomic mass is 10.1. The third kappa shape index (κ3) is 2.01. The van der Waals surface area contributed by atoms with Crippen LogP contribution in [-0.4, -0.2) is 30.5 Å². The number of ether oxygens (including phenoxy) is 2. The lowest BCUT2D eigenvalue weighted by Gasteiger charge is -2.21. The Balaban J connectivity index is 2.55. The van der Waals surface area contributed by atoms with E-state index in [1.807, 2.05) is 0 Å². The van der Waals surface area contributed by atoms with Gasteiger partial charge in [-0.15, -0.1) is 0 Å². The molecule has 1 aromatic rings. The maximum Gasteiger partial charge on any atom is 0.221 e. The van der Waals surface area contributed by atoms with Crippen molar-refractivity contribution < 1.29 is 24.2 Å². The van der Waals surface area contributed by atoms with E-state index in [9.17, 15) is 14.7 Å². The molecular weight excluding hydrogens is 226 g/mol. The molecule has 90 valence electrons. The predicted octanol–water partition coefficient (Wildman–Crippen LogP) is 0.934. The minimum atomic E-state index is -0.353. The van der Waals surface area contributed by atoms with Gasteiger partial charge in [0.2, 0.25) is 5.91 Å². The zero-order chi connectivity index (χ0) is 12.4. The Morgan fingerprint density at radius 1 is 1.47 bits per heavy atom. The van der Waals surface area contributed by atoms with Gasteiger partial charge < -0.3 is 19.9 Å². The van der Waals surface area contributed by atoms with Crippen LogP contribution in [0.2, 0.25) is 0 Å². The molecule has 1 amide bonds. The van der Waals surface area contributed by atoms with Crippen molar-refractivity contribution in [2.24, 2.45) is 0 Å². The molecule has 2 N–H and O–H groups in total. The number of carbonyl (C=O) groups is 2. The molecule has 0 spiro atoms. The molecular formula is C11H11NO5. The molecule has 1 heterocycles. The average molecular weight is 237 g/mol. The van der Waals surface area contributed by atoms with Crippen LogP contribution in [0.15, 0.2) is 6.07 Å². The van der Waals surface area contributed by atoms with Crippen LogP contribution in [0.4, 0.5) is 5.69 Å². The summed E-state index contributed by atoms with van der Waals surface area (Å²) in [4.78, 5) is 21.9. The zero-order valence-electron chi connectivity index (χ0n) is 9.15. The van der Waals surface area contributed by atoms with E-state index >= 15 is 0 Å². The molecule has 0 bridgehead atoms. The van der Waals surface area contributed by atoms with E-state index < -0.39 is 0 Å². The topological polar surface area (TPSA) is 84.9 Å². The maximum atomic E-state index is 11.0. The van der Waals surface area contributed by atoms with Crippen molar-refractivity contribution in [3.63, 3.8) is 0 Å². The number of anilines is 1. The lowest BCUT2D eigenvalue weighted by molar-refractivity contribution is -0.114. The Morgan fingerprint density at radius 2 is 2.18 bits per heavy atom. The molecule has 0 radical (unpaired) electrons. The average Bonchev–Trinajstić information content (AvgIpc) is 2.30. The Morgan fingerprint density at radius 3 is 2.82 bits per heavy atom. The van der Waals surface area contributed by atoms with E-state index in [4.69, 9.17) is 9.47 Å². The summed E-state index contributed by atoms with van der Waals surface area (Å²) >= 11 is 0. The van der Waals surface area contributed by atoms with Crippen molar-refractivity contribution in [2.75, 3.05) is 18.5 Å². The first kappa shape index (κ1) is 11.3. The number of nitrogens with one attached hydrogen (secondary N) is 1. The first-order chi connectivity index (χ1) is 8.13. The highest BCUT2D eigenvalue weighted by atomic mass is 16.6. The summed E-state index contributed by atoms with van der Waals surface area (Å²) in [5.41, 5.74) is 0.106. The molecule has 1 aliphatic rings. The number of rotatable bonds is 2. The van der Waals surface area contributed by atoms with E-state index in [-0.39, 0.29) is 28.7 Å². The third-order valence-corrected chi connectivity index (χ3v) is 2.27. The van der Waals surface area contributed by atoms with Gasteiger partial charge in [0.25, 0.3) is 0 Å². The quantitative estimate of drug-likeness (QED) is 0.590. The van der Waals surface area contributed by atoms with Crippen molar-refractivity contribution in [3.8, 4) is 17.2 Å². The molecule has 0 atom stereocenters. The zero-order valence-corrected chi connectivity index (χ0v) is 9.15. The summed E-state index contributed by atoms with van der Waals surface area (Å²) in [7, 11) is 0. The molecule has 0 fully saturated rings. The van der Waals surface area contributed by atoms with Gasteiger partial charge in [0.1, 0.15) is 18.8 Å². The monoisotopic (exact) mass is 237 g/mol. The number of amides is 1. The van der Waals surface area contributed by atoms with Gasteiger partial charge in [-0.2, -0.15) is 0 Å². The van der Waals surface area contributed by atoms with Crippen LogP contribution in [0.5, 0.6) is 17.2 Å². The standard InChI is InChI=1S/C11H11NO5/c1-6(14)12-8-4-9-11(17-3-2-16-9)7(5-13)10(8)15/h4-5,15H,2-3H2,1H3,(H,12,14). The van der Waals surface area contributed by atoms with Crippen LogP contribution in [-0.2, 0) is 4.79 Å². The Bertz CT molecular complexity index is 483. The summed E-state index contributed by atoms with van der Waals surface area (Å²) < 4.78 is 10.6. The van der Waals surface area contributed by atoms with Gasteiger partial charge in [-0.25, -0.2) is 0 Å². The Hall–Kier alpha value is -2.24. The van der Waals surface area contributed by atoms with E-state index in [0.717, 1.165) is 0 Å². The number of benzene rings is 1. The molecule has 1 aliphatic heterocycles. The van der Waals surface area contributed by atoms with Crippen LogP contribution >= 0.6 is 0 Å². The van der Waals surface area contributed by atoms with Crippen molar-refractivity contribution in [3.05, 3.63) is 11.6 Å². The summed E-state index contributed by atoms with van der Waals surface area (Å²) in [6.45, 7) is 1.97. The summed E-state index contributed by atoms with van der Waals surface area (Å²) in [6.07, 6.45) is 0.466. The number of hydrogen-bond donors (Lipinski definition) is 2. The molecule has 0 unspecified atom stereocenters. The van der Waals surface area contributed by atoms with Crippen LogP contribution < -0.4 is 14.8 Å². The van der Waals surface area contributed by atoms with Gasteiger partial charge in [0.05, 0.1) is 5.69 Å². The number of fused-ring (bicyclic) bond motifs is 1. The Kier molecular flexibility index (Phi) is 2.86. The highest BCUT2D eigenvalue weighted by molar-refractivity contribution is 5.96. The minimum absolute atomic E-state index is 0.0223. The predicted molar refractivity (Wildman–Crippen MR) is 58.8 cm³/mol. The van der Waals surface area contributed by atoms with Gasteiger partial charge >= 0.3 is 0 Å². The van der Waals surface area contributed by atoms with Crippen LogP contribution in [0.25, 0.3) is 0 Å². The summed E-state index contributed by atoms with van der Waals surface area (Å²) in [5, 5.41) is 12.2. The van der Waals surface area contributed by atoms with Crippen molar-refractivity contribution in [2.45, 2.75) is 6.92 Å². The molecule has 0 aromatic heterocycles. The fourth-order valence-electron chi connectivity index (χ4n) is 1.60.